The molecule has 0 heterocycles. The molecule has 2 aromatic carbocycles. The molecule has 1 atom stereocenters. The molecule has 0 aliphatic carbocycles. The molecule has 2 aromatic rings. The second-order valence-corrected chi connectivity index (χ2v) is 6.23. The molecular weight excluding hydrogens is 357 g/mol. The highest BCUT2D eigenvalue weighted by Crippen LogP contribution is 2.37. The second kappa shape index (κ2) is 7.35. The first kappa shape index (κ1) is 15.7. The molecule has 0 radical (unpaired) electrons. The summed E-state index contributed by atoms with van der Waals surface area (Å²) in [4.78, 5) is 0. The molecule has 1 nitrogen and oxygen atoms in total. The van der Waals surface area contributed by atoms with Crippen molar-refractivity contribution in [2.75, 3.05) is 5.32 Å². The molecule has 106 valence electrons. The van der Waals surface area contributed by atoms with E-state index in [2.05, 4.69) is 52.4 Å². The summed E-state index contributed by atoms with van der Waals surface area (Å²) in [7, 11) is 0. The maximum absolute atomic E-state index is 6.31. The van der Waals surface area contributed by atoms with Gasteiger partial charge in [0.1, 0.15) is 0 Å². The third-order valence-corrected chi connectivity index (χ3v) is 4.92. The Bertz CT molecular complexity index is 572. The summed E-state index contributed by atoms with van der Waals surface area (Å²) in [6.45, 7) is 2.17. The van der Waals surface area contributed by atoms with Crippen molar-refractivity contribution in [2.45, 2.75) is 25.8 Å². The number of hydrogen-bond donors (Lipinski definition) is 1. The first-order valence-corrected chi connectivity index (χ1v) is 8.13. The Morgan fingerprint density at radius 1 is 1.05 bits per heavy atom. The largest absolute Gasteiger partial charge is 0.377 e. The van der Waals surface area contributed by atoms with Gasteiger partial charge in [0.15, 0.2) is 0 Å². The van der Waals surface area contributed by atoms with Crippen LogP contribution in [0.4, 0.5) is 5.69 Å². The molecule has 4 heteroatoms. The molecule has 0 spiro atoms. The van der Waals surface area contributed by atoms with Crippen molar-refractivity contribution < 1.29 is 0 Å². The van der Waals surface area contributed by atoms with Crippen molar-refractivity contribution in [2.24, 2.45) is 0 Å². The van der Waals surface area contributed by atoms with Crippen molar-refractivity contribution in [3.8, 4) is 0 Å². The normalized spacial score (nSPS) is 12.2. The number of nitrogens with one attached hydrogen (secondary N) is 1. The summed E-state index contributed by atoms with van der Waals surface area (Å²) in [6.07, 6.45) is 2.13. The van der Waals surface area contributed by atoms with Gasteiger partial charge in [0, 0.05) is 4.47 Å². The quantitative estimate of drug-likeness (QED) is 0.575. The van der Waals surface area contributed by atoms with Crippen LogP contribution in [0.5, 0.6) is 0 Å². The predicted octanol–water partition coefficient (Wildman–Crippen LogP) is 6.71. The minimum absolute atomic E-state index is 0.232. The standard InChI is InChI=1S/C16H16BrCl2N/c1-2-6-13(11-7-4-3-5-8-11)20-14-10-9-12(17)15(18)16(14)19/h3-5,7-10,13,20H,2,6H2,1H3. The zero-order valence-corrected chi connectivity index (χ0v) is 14.3. The van der Waals surface area contributed by atoms with E-state index in [0.29, 0.717) is 10.0 Å². The van der Waals surface area contributed by atoms with Crippen LogP contribution in [0.2, 0.25) is 10.0 Å². The summed E-state index contributed by atoms with van der Waals surface area (Å²) in [6, 6.07) is 14.5. The maximum Gasteiger partial charge on any atom is 0.0835 e. The molecule has 0 saturated heterocycles. The molecule has 0 fully saturated rings. The number of rotatable bonds is 5. The average Bonchev–Trinajstić information content (AvgIpc) is 2.48. The van der Waals surface area contributed by atoms with E-state index in [-0.39, 0.29) is 6.04 Å². The molecule has 0 saturated carbocycles. The molecule has 2 rings (SSSR count). The fraction of sp³-hybridized carbons (Fsp3) is 0.250. The Morgan fingerprint density at radius 3 is 2.40 bits per heavy atom. The number of benzene rings is 2. The summed E-state index contributed by atoms with van der Waals surface area (Å²) >= 11 is 15.9. The van der Waals surface area contributed by atoms with E-state index in [1.54, 1.807) is 0 Å². The van der Waals surface area contributed by atoms with Gasteiger partial charge in [-0.3, -0.25) is 0 Å². The van der Waals surface area contributed by atoms with Gasteiger partial charge in [-0.2, -0.15) is 0 Å². The summed E-state index contributed by atoms with van der Waals surface area (Å²) in [5, 5.41) is 4.59. The Labute approximate surface area is 138 Å². The van der Waals surface area contributed by atoms with E-state index in [1.807, 2.05) is 18.2 Å². The number of anilines is 1. The monoisotopic (exact) mass is 371 g/mol. The molecule has 0 aromatic heterocycles. The fourth-order valence-electron chi connectivity index (χ4n) is 2.12. The average molecular weight is 373 g/mol. The van der Waals surface area contributed by atoms with Crippen molar-refractivity contribution >= 4 is 44.8 Å². The lowest BCUT2D eigenvalue weighted by Crippen LogP contribution is -2.10. The van der Waals surface area contributed by atoms with E-state index in [0.717, 1.165) is 23.0 Å². The van der Waals surface area contributed by atoms with Crippen LogP contribution in [0.15, 0.2) is 46.9 Å². The van der Waals surface area contributed by atoms with Gasteiger partial charge >= 0.3 is 0 Å². The molecule has 0 aliphatic heterocycles. The van der Waals surface area contributed by atoms with Gasteiger partial charge in [0.05, 0.1) is 21.8 Å². The van der Waals surface area contributed by atoms with Gasteiger partial charge in [-0.1, -0.05) is 66.9 Å². The van der Waals surface area contributed by atoms with Gasteiger partial charge in [-0.05, 0) is 40.0 Å². The minimum Gasteiger partial charge on any atom is -0.377 e. The second-order valence-electron chi connectivity index (χ2n) is 4.62. The predicted molar refractivity (Wildman–Crippen MR) is 91.9 cm³/mol. The molecular formula is C16H16BrCl2N. The number of hydrogen-bond acceptors (Lipinski definition) is 1. The topological polar surface area (TPSA) is 12.0 Å². The zero-order chi connectivity index (χ0) is 14.5. The highest BCUT2D eigenvalue weighted by Gasteiger charge is 2.14. The Balaban J connectivity index is 2.27. The van der Waals surface area contributed by atoms with Crippen molar-refractivity contribution in [3.05, 3.63) is 62.5 Å². The number of halogens is 3. The summed E-state index contributed by atoms with van der Waals surface area (Å²) < 4.78 is 0.807. The molecule has 0 amide bonds. The SMILES string of the molecule is CCCC(Nc1ccc(Br)c(Cl)c1Cl)c1ccccc1. The van der Waals surface area contributed by atoms with Crippen molar-refractivity contribution in [1.29, 1.82) is 0 Å². The highest BCUT2D eigenvalue weighted by atomic mass is 79.9. The first-order chi connectivity index (χ1) is 9.63. The van der Waals surface area contributed by atoms with Gasteiger partial charge in [-0.15, -0.1) is 0 Å². The summed E-state index contributed by atoms with van der Waals surface area (Å²) in [5.41, 5.74) is 2.12. The minimum atomic E-state index is 0.232. The van der Waals surface area contributed by atoms with Gasteiger partial charge in [0.25, 0.3) is 0 Å². The first-order valence-electron chi connectivity index (χ1n) is 6.58. The van der Waals surface area contributed by atoms with E-state index >= 15 is 0 Å². The molecule has 20 heavy (non-hydrogen) atoms. The lowest BCUT2D eigenvalue weighted by Gasteiger charge is -2.21. The van der Waals surface area contributed by atoms with Crippen LogP contribution in [-0.4, -0.2) is 0 Å². The van der Waals surface area contributed by atoms with Crippen LogP contribution in [0.1, 0.15) is 31.4 Å². The maximum atomic E-state index is 6.31. The van der Waals surface area contributed by atoms with Crippen LogP contribution in [-0.2, 0) is 0 Å². The van der Waals surface area contributed by atoms with Crippen molar-refractivity contribution in [3.63, 3.8) is 0 Å². The van der Waals surface area contributed by atoms with Gasteiger partial charge in [0.2, 0.25) is 0 Å². The zero-order valence-electron chi connectivity index (χ0n) is 11.2. The van der Waals surface area contributed by atoms with Crippen LogP contribution in [0.3, 0.4) is 0 Å². The molecule has 1 N–H and O–H groups in total. The Hall–Kier alpha value is -0.700. The lowest BCUT2D eigenvalue weighted by molar-refractivity contribution is 0.677. The van der Waals surface area contributed by atoms with Gasteiger partial charge < -0.3 is 5.32 Å². The van der Waals surface area contributed by atoms with E-state index in [4.69, 9.17) is 23.2 Å². The molecule has 1 unspecified atom stereocenters. The van der Waals surface area contributed by atoms with Crippen LogP contribution in [0.25, 0.3) is 0 Å². The van der Waals surface area contributed by atoms with Gasteiger partial charge in [-0.25, -0.2) is 0 Å². The van der Waals surface area contributed by atoms with Crippen LogP contribution in [0, 0.1) is 0 Å². The van der Waals surface area contributed by atoms with Crippen LogP contribution >= 0.6 is 39.1 Å². The third-order valence-electron chi connectivity index (χ3n) is 3.14. The molecule has 0 bridgehead atoms. The lowest BCUT2D eigenvalue weighted by atomic mass is 10.0. The van der Waals surface area contributed by atoms with E-state index in [9.17, 15) is 0 Å². The Morgan fingerprint density at radius 2 is 1.75 bits per heavy atom. The smallest absolute Gasteiger partial charge is 0.0835 e. The highest BCUT2D eigenvalue weighted by molar-refractivity contribution is 9.10. The van der Waals surface area contributed by atoms with E-state index < -0.39 is 0 Å². The van der Waals surface area contributed by atoms with Crippen molar-refractivity contribution in [1.82, 2.24) is 0 Å². The van der Waals surface area contributed by atoms with Crippen LogP contribution < -0.4 is 5.32 Å². The third kappa shape index (κ3) is 3.69. The molecule has 0 aliphatic rings. The Kier molecular flexibility index (Phi) is 5.76. The van der Waals surface area contributed by atoms with E-state index in [1.165, 1.54) is 5.56 Å². The summed E-state index contributed by atoms with van der Waals surface area (Å²) in [5.74, 6) is 0. The fourth-order valence-corrected chi connectivity index (χ4v) is 2.95.